The van der Waals surface area contributed by atoms with Gasteiger partial charge in [-0.25, -0.2) is 0 Å². The molecule has 0 fully saturated rings. The van der Waals surface area contributed by atoms with Gasteiger partial charge in [-0.1, -0.05) is 72.8 Å². The van der Waals surface area contributed by atoms with Gasteiger partial charge in [0.05, 0.1) is 0 Å². The van der Waals surface area contributed by atoms with Gasteiger partial charge in [-0.15, -0.1) is 0 Å². The molecule has 0 aliphatic heterocycles. The number of ether oxygens (including phenoxy) is 2. The van der Waals surface area contributed by atoms with Gasteiger partial charge >= 0.3 is 36.2 Å². The Hall–Kier alpha value is -3.70. The highest BCUT2D eigenvalue weighted by molar-refractivity contribution is 5.82. The number of halogens is 6. The molecule has 0 heterocycles. The van der Waals surface area contributed by atoms with E-state index in [2.05, 4.69) is 9.47 Å². The number of hydrogen-bond donors (Lipinski definition) is 0. The Kier molecular flexibility index (Phi) is 19.9. The number of carbonyl (C=O) groups is 4. The first-order valence-electron chi connectivity index (χ1n) is 10.3. The van der Waals surface area contributed by atoms with Crippen molar-refractivity contribution in [2.24, 2.45) is 5.41 Å². The number of esters is 4. The summed E-state index contributed by atoms with van der Waals surface area (Å²) in [6, 6.07) is 24.0. The van der Waals surface area contributed by atoms with Crippen LogP contribution in [0.5, 0.6) is 0 Å². The fraction of sp³-hybridized carbons (Fsp3) is 0.360. The van der Waals surface area contributed by atoms with Gasteiger partial charge in [0.15, 0.2) is 5.41 Å². The minimum atomic E-state index is -5.24. The fourth-order valence-corrected chi connectivity index (χ4v) is 1.34. The standard InChI is InChI=1S/2C6H6.C5H6F6.2C4H6O3/c2*1-2-4-6-5-3-1;1-3(2,4(6,7)8)5(9,10)11;2*1-3(5)7-4(2)6/h2*1-6H;1-2H3;2*1-2H3. The molecule has 0 aliphatic rings. The summed E-state index contributed by atoms with van der Waals surface area (Å²) in [6.07, 6.45) is -10.5. The maximum absolute atomic E-state index is 11.6. The van der Waals surface area contributed by atoms with Crippen LogP contribution in [0.3, 0.4) is 0 Å². The van der Waals surface area contributed by atoms with E-state index in [-0.39, 0.29) is 13.8 Å². The predicted octanol–water partition coefficient (Wildman–Crippen LogP) is 6.70. The second kappa shape index (κ2) is 19.5. The highest BCUT2D eigenvalue weighted by Crippen LogP contribution is 2.49. The maximum atomic E-state index is 11.6. The summed E-state index contributed by atoms with van der Waals surface area (Å²) in [5.74, 6) is -2.25. The van der Waals surface area contributed by atoms with Crippen molar-refractivity contribution in [3.63, 3.8) is 0 Å². The smallest absolute Gasteiger partial charge is 0.394 e. The molecule has 6 nitrogen and oxygen atoms in total. The number of alkyl halides is 6. The maximum Gasteiger partial charge on any atom is 0.402 e. The summed E-state index contributed by atoms with van der Waals surface area (Å²) in [7, 11) is 0. The van der Waals surface area contributed by atoms with Gasteiger partial charge in [0.2, 0.25) is 0 Å². The lowest BCUT2D eigenvalue weighted by molar-refractivity contribution is -0.327. The molecular weight excluding hydrogens is 510 g/mol. The zero-order valence-corrected chi connectivity index (χ0v) is 21.1. The summed E-state index contributed by atoms with van der Waals surface area (Å²) in [5.41, 5.74) is -3.62. The number of hydrogen-bond acceptors (Lipinski definition) is 6. The molecule has 0 radical (unpaired) electrons. The molecule has 12 heteroatoms. The molecule has 0 atom stereocenters. The van der Waals surface area contributed by atoms with Crippen molar-refractivity contribution < 1.29 is 55.0 Å². The van der Waals surface area contributed by atoms with Gasteiger partial charge in [0, 0.05) is 27.7 Å². The molecule has 2 aromatic carbocycles. The molecule has 0 saturated carbocycles. The second-order valence-corrected chi connectivity index (χ2v) is 7.10. The van der Waals surface area contributed by atoms with Gasteiger partial charge in [-0.2, -0.15) is 26.3 Å². The topological polar surface area (TPSA) is 86.7 Å². The van der Waals surface area contributed by atoms with Gasteiger partial charge in [-0.3, -0.25) is 19.2 Å². The number of carbonyl (C=O) groups excluding carboxylic acids is 4. The quantitative estimate of drug-likeness (QED) is 0.210. The Morgan fingerprint density at radius 1 is 0.432 bits per heavy atom. The van der Waals surface area contributed by atoms with Crippen molar-refractivity contribution in [1.82, 2.24) is 0 Å². The SMILES string of the molecule is CC(=O)OC(C)=O.CC(=O)OC(C)=O.CC(C)(C(F)(F)F)C(F)(F)F.c1ccccc1.c1ccccc1. The van der Waals surface area contributed by atoms with E-state index in [1.54, 1.807) is 0 Å². The molecule has 2 aromatic rings. The lowest BCUT2D eigenvalue weighted by Crippen LogP contribution is -2.44. The first kappa shape index (κ1) is 37.8. The Labute approximate surface area is 211 Å². The Bertz CT molecular complexity index is 744. The zero-order valence-electron chi connectivity index (χ0n) is 21.1. The Morgan fingerprint density at radius 3 is 0.595 bits per heavy atom. The van der Waals surface area contributed by atoms with Crippen LogP contribution in [0.25, 0.3) is 0 Å². The van der Waals surface area contributed by atoms with E-state index in [1.165, 1.54) is 27.7 Å². The molecule has 0 amide bonds. The van der Waals surface area contributed by atoms with Gasteiger partial charge in [0.25, 0.3) is 0 Å². The average molecular weight is 540 g/mol. The molecule has 208 valence electrons. The van der Waals surface area contributed by atoms with Gasteiger partial charge in [-0.05, 0) is 13.8 Å². The fourth-order valence-electron chi connectivity index (χ4n) is 1.34. The largest absolute Gasteiger partial charge is 0.402 e. The third-order valence-electron chi connectivity index (χ3n) is 3.33. The lowest BCUT2D eigenvalue weighted by Gasteiger charge is -2.29. The van der Waals surface area contributed by atoms with E-state index in [4.69, 9.17) is 0 Å². The first-order chi connectivity index (χ1) is 16.8. The summed E-state index contributed by atoms with van der Waals surface area (Å²) in [6.45, 7) is 4.94. The van der Waals surface area contributed by atoms with Crippen LogP contribution < -0.4 is 0 Å². The average Bonchev–Trinajstić information content (AvgIpc) is 2.74. The zero-order chi connectivity index (χ0) is 29.7. The van der Waals surface area contributed by atoms with Crippen LogP contribution in [0.15, 0.2) is 72.8 Å². The molecule has 0 bridgehead atoms. The van der Waals surface area contributed by atoms with Crippen LogP contribution >= 0.6 is 0 Å². The van der Waals surface area contributed by atoms with Crippen molar-refractivity contribution >= 4 is 23.9 Å². The third kappa shape index (κ3) is 25.2. The molecule has 2 rings (SSSR count). The van der Waals surface area contributed by atoms with Crippen LogP contribution in [0.1, 0.15) is 41.5 Å². The lowest BCUT2D eigenvalue weighted by atomic mass is 9.92. The van der Waals surface area contributed by atoms with Crippen LogP contribution in [-0.4, -0.2) is 36.2 Å². The highest BCUT2D eigenvalue weighted by atomic mass is 19.4. The normalized spacial score (nSPS) is 10.1. The highest BCUT2D eigenvalue weighted by Gasteiger charge is 2.64. The molecule has 0 N–H and O–H groups in total. The molecule has 0 saturated heterocycles. The van der Waals surface area contributed by atoms with E-state index >= 15 is 0 Å². The van der Waals surface area contributed by atoms with Gasteiger partial charge in [0.1, 0.15) is 0 Å². The predicted molar refractivity (Wildman–Crippen MR) is 124 cm³/mol. The van der Waals surface area contributed by atoms with Crippen molar-refractivity contribution in [2.45, 2.75) is 53.9 Å². The van der Waals surface area contributed by atoms with Crippen LogP contribution in [-0.2, 0) is 28.7 Å². The van der Waals surface area contributed by atoms with E-state index in [0.29, 0.717) is 0 Å². The number of rotatable bonds is 0. The van der Waals surface area contributed by atoms with Crippen molar-refractivity contribution in [3.8, 4) is 0 Å². The molecule has 0 spiro atoms. The Morgan fingerprint density at radius 2 is 0.568 bits per heavy atom. The summed E-state index contributed by atoms with van der Waals surface area (Å²) in [4.78, 5) is 39.2. The molecule has 0 aromatic heterocycles. The summed E-state index contributed by atoms with van der Waals surface area (Å²) < 4.78 is 77.6. The number of benzene rings is 2. The van der Waals surface area contributed by atoms with Gasteiger partial charge < -0.3 is 9.47 Å². The van der Waals surface area contributed by atoms with E-state index in [0.717, 1.165) is 0 Å². The molecular formula is C25H30F6O6. The monoisotopic (exact) mass is 540 g/mol. The van der Waals surface area contributed by atoms with Crippen LogP contribution in [0, 0.1) is 5.41 Å². The molecule has 0 unspecified atom stereocenters. The Balaban J connectivity index is -0.000000398. The van der Waals surface area contributed by atoms with Crippen LogP contribution in [0.4, 0.5) is 26.3 Å². The minimum absolute atomic E-state index is 0.104. The van der Waals surface area contributed by atoms with Crippen molar-refractivity contribution in [3.05, 3.63) is 72.8 Å². The molecule has 37 heavy (non-hydrogen) atoms. The van der Waals surface area contributed by atoms with E-state index in [1.807, 2.05) is 72.8 Å². The minimum Gasteiger partial charge on any atom is -0.394 e. The molecule has 0 aliphatic carbocycles. The first-order valence-corrected chi connectivity index (χ1v) is 10.3. The summed E-state index contributed by atoms with van der Waals surface area (Å²) >= 11 is 0. The second-order valence-electron chi connectivity index (χ2n) is 7.10. The summed E-state index contributed by atoms with van der Waals surface area (Å²) in [5, 5.41) is 0. The van der Waals surface area contributed by atoms with E-state index in [9.17, 15) is 45.5 Å². The van der Waals surface area contributed by atoms with Crippen molar-refractivity contribution in [1.29, 1.82) is 0 Å². The van der Waals surface area contributed by atoms with Crippen molar-refractivity contribution in [2.75, 3.05) is 0 Å². The third-order valence-corrected chi connectivity index (χ3v) is 3.33. The van der Waals surface area contributed by atoms with E-state index < -0.39 is 41.6 Å². The van der Waals surface area contributed by atoms with Crippen LogP contribution in [0.2, 0.25) is 0 Å².